The molecule has 0 saturated carbocycles. The summed E-state index contributed by atoms with van der Waals surface area (Å²) in [4.78, 5) is 20.7. The maximum Gasteiger partial charge on any atom is 0.227 e. The summed E-state index contributed by atoms with van der Waals surface area (Å²) < 4.78 is 37.9. The van der Waals surface area contributed by atoms with Crippen LogP contribution in [0.2, 0.25) is 0 Å². The Morgan fingerprint density at radius 3 is 2.75 bits per heavy atom. The number of aromatic nitrogens is 3. The molecule has 10 heteroatoms. The predicted molar refractivity (Wildman–Crippen MR) is 115 cm³/mol. The lowest BCUT2D eigenvalue weighted by Crippen LogP contribution is -2.12. The summed E-state index contributed by atoms with van der Waals surface area (Å²) >= 11 is 1.12. The number of amides is 1. The molecule has 1 amide bonds. The summed E-state index contributed by atoms with van der Waals surface area (Å²) in [5.41, 5.74) is 1.06. The van der Waals surface area contributed by atoms with Crippen LogP contribution in [-0.4, -0.2) is 27.6 Å². The molecule has 2 aromatic heterocycles. The molecular weight excluding hydrogens is 438 g/mol. The van der Waals surface area contributed by atoms with Crippen LogP contribution in [0.25, 0.3) is 22.6 Å². The SMILES string of the molecule is CCOc1ccc(-c2noc(CCC(=O)Nc3nc(-c4cc(F)ccc4F)cs3)n2)cc1. The van der Waals surface area contributed by atoms with Crippen molar-refractivity contribution in [2.24, 2.45) is 0 Å². The van der Waals surface area contributed by atoms with Gasteiger partial charge in [-0.1, -0.05) is 5.16 Å². The smallest absolute Gasteiger partial charge is 0.227 e. The molecule has 0 atom stereocenters. The monoisotopic (exact) mass is 456 g/mol. The van der Waals surface area contributed by atoms with Crippen LogP contribution in [0.15, 0.2) is 52.4 Å². The lowest BCUT2D eigenvalue weighted by atomic mass is 10.1. The minimum absolute atomic E-state index is 0.0365. The maximum atomic E-state index is 13.9. The number of carbonyl (C=O) groups is 1. The quantitative estimate of drug-likeness (QED) is 0.396. The van der Waals surface area contributed by atoms with Crippen molar-refractivity contribution in [2.45, 2.75) is 19.8 Å². The van der Waals surface area contributed by atoms with Crippen molar-refractivity contribution in [1.29, 1.82) is 0 Å². The molecule has 0 spiro atoms. The van der Waals surface area contributed by atoms with Crippen molar-refractivity contribution in [1.82, 2.24) is 15.1 Å². The summed E-state index contributed by atoms with van der Waals surface area (Å²) in [5, 5.41) is 8.42. The summed E-state index contributed by atoms with van der Waals surface area (Å²) in [6, 6.07) is 10.4. The van der Waals surface area contributed by atoms with Gasteiger partial charge < -0.3 is 14.6 Å². The van der Waals surface area contributed by atoms with Crippen molar-refractivity contribution in [3.05, 3.63) is 65.4 Å². The molecule has 2 aromatic carbocycles. The first-order valence-corrected chi connectivity index (χ1v) is 10.7. The number of anilines is 1. The Hall–Kier alpha value is -3.66. The van der Waals surface area contributed by atoms with Crippen LogP contribution >= 0.6 is 11.3 Å². The lowest BCUT2D eigenvalue weighted by molar-refractivity contribution is -0.116. The maximum absolute atomic E-state index is 13.9. The minimum Gasteiger partial charge on any atom is -0.494 e. The number of benzene rings is 2. The third-order valence-corrected chi connectivity index (χ3v) is 5.17. The van der Waals surface area contributed by atoms with Crippen LogP contribution in [0.3, 0.4) is 0 Å². The van der Waals surface area contributed by atoms with E-state index in [1.165, 1.54) is 0 Å². The first-order chi connectivity index (χ1) is 15.5. The molecule has 0 aliphatic carbocycles. The van der Waals surface area contributed by atoms with Gasteiger partial charge in [-0.3, -0.25) is 4.79 Å². The van der Waals surface area contributed by atoms with Gasteiger partial charge in [0.25, 0.3) is 0 Å². The van der Waals surface area contributed by atoms with Crippen molar-refractivity contribution < 1.29 is 22.8 Å². The van der Waals surface area contributed by atoms with Crippen LogP contribution < -0.4 is 10.1 Å². The van der Waals surface area contributed by atoms with E-state index in [9.17, 15) is 13.6 Å². The molecule has 1 N–H and O–H groups in total. The largest absolute Gasteiger partial charge is 0.494 e. The highest BCUT2D eigenvalue weighted by Gasteiger charge is 2.14. The zero-order chi connectivity index (χ0) is 22.5. The summed E-state index contributed by atoms with van der Waals surface area (Å²) in [7, 11) is 0. The summed E-state index contributed by atoms with van der Waals surface area (Å²) in [6.07, 6.45) is 0.334. The Kier molecular flexibility index (Phi) is 6.50. The van der Waals surface area contributed by atoms with E-state index < -0.39 is 11.6 Å². The number of hydrogen-bond donors (Lipinski definition) is 1. The number of hydrogen-bond acceptors (Lipinski definition) is 7. The zero-order valence-corrected chi connectivity index (χ0v) is 17.8. The standard InChI is InChI=1S/C22H18F2N4O3S/c1-2-30-15-6-3-13(4-7-15)21-27-20(31-28-21)10-9-19(29)26-22-25-18(12-32-22)16-11-14(23)5-8-17(16)24/h3-8,11-12H,2,9-10H2,1H3,(H,25,26,29). The van der Waals surface area contributed by atoms with Gasteiger partial charge in [0.05, 0.1) is 12.3 Å². The summed E-state index contributed by atoms with van der Waals surface area (Å²) in [6.45, 7) is 2.49. The van der Waals surface area contributed by atoms with Gasteiger partial charge >= 0.3 is 0 Å². The first kappa shape index (κ1) is 21.6. The molecule has 0 unspecified atom stereocenters. The number of halogens is 2. The van der Waals surface area contributed by atoms with E-state index in [2.05, 4.69) is 20.4 Å². The normalized spacial score (nSPS) is 10.8. The Balaban J connectivity index is 1.33. The predicted octanol–water partition coefficient (Wildman–Crippen LogP) is 5.11. The molecule has 2 heterocycles. The van der Waals surface area contributed by atoms with Crippen molar-refractivity contribution in [3.8, 4) is 28.4 Å². The molecule has 0 fully saturated rings. The number of carbonyl (C=O) groups excluding carboxylic acids is 1. The molecular formula is C22H18F2N4O3S. The average Bonchev–Trinajstić information content (AvgIpc) is 3.45. The highest BCUT2D eigenvalue weighted by molar-refractivity contribution is 7.14. The fourth-order valence-electron chi connectivity index (χ4n) is 2.89. The number of rotatable bonds is 8. The number of aryl methyl sites for hydroxylation is 1. The van der Waals surface area contributed by atoms with Crippen LogP contribution in [-0.2, 0) is 11.2 Å². The molecule has 0 bridgehead atoms. The van der Waals surface area contributed by atoms with Gasteiger partial charge in [0.1, 0.15) is 17.4 Å². The third kappa shape index (κ3) is 5.14. The molecule has 0 saturated heterocycles. The van der Waals surface area contributed by atoms with Gasteiger partial charge in [-0.2, -0.15) is 4.98 Å². The molecule has 0 aliphatic rings. The Labute approximate surface area is 186 Å². The molecule has 164 valence electrons. The van der Waals surface area contributed by atoms with Gasteiger partial charge in [0.15, 0.2) is 5.13 Å². The van der Waals surface area contributed by atoms with Crippen molar-refractivity contribution in [2.75, 3.05) is 11.9 Å². The minimum atomic E-state index is -0.589. The Morgan fingerprint density at radius 2 is 1.97 bits per heavy atom. The lowest BCUT2D eigenvalue weighted by Gasteiger charge is -2.02. The fraction of sp³-hybridized carbons (Fsp3) is 0.182. The second kappa shape index (κ2) is 9.65. The van der Waals surface area contributed by atoms with E-state index in [0.29, 0.717) is 18.3 Å². The van der Waals surface area contributed by atoms with Gasteiger partial charge in [-0.15, -0.1) is 11.3 Å². The average molecular weight is 456 g/mol. The second-order valence-corrected chi connectivity index (χ2v) is 7.54. The van der Waals surface area contributed by atoms with Crippen LogP contribution in [0.5, 0.6) is 5.75 Å². The van der Waals surface area contributed by atoms with Crippen LogP contribution in [0.1, 0.15) is 19.2 Å². The van der Waals surface area contributed by atoms with Crippen LogP contribution in [0, 0.1) is 11.6 Å². The van der Waals surface area contributed by atoms with Crippen molar-refractivity contribution >= 4 is 22.4 Å². The van der Waals surface area contributed by atoms with E-state index in [1.807, 2.05) is 31.2 Å². The number of ether oxygens (including phenoxy) is 1. The van der Waals surface area contributed by atoms with Crippen LogP contribution in [0.4, 0.5) is 13.9 Å². The van der Waals surface area contributed by atoms with Crippen molar-refractivity contribution in [3.63, 3.8) is 0 Å². The molecule has 0 aliphatic heterocycles. The van der Waals surface area contributed by atoms with E-state index in [-0.39, 0.29) is 35.1 Å². The number of thiazole rings is 1. The molecule has 7 nitrogen and oxygen atoms in total. The highest BCUT2D eigenvalue weighted by atomic mass is 32.1. The van der Waals surface area contributed by atoms with Gasteiger partial charge in [-0.25, -0.2) is 13.8 Å². The zero-order valence-electron chi connectivity index (χ0n) is 17.0. The summed E-state index contributed by atoms with van der Waals surface area (Å²) in [5.74, 6) is 0.0304. The van der Waals surface area contributed by atoms with Gasteiger partial charge in [0.2, 0.25) is 17.6 Å². The van der Waals surface area contributed by atoms with Gasteiger partial charge in [-0.05, 0) is 49.4 Å². The molecule has 32 heavy (non-hydrogen) atoms. The highest BCUT2D eigenvalue weighted by Crippen LogP contribution is 2.28. The fourth-order valence-corrected chi connectivity index (χ4v) is 3.62. The molecule has 0 radical (unpaired) electrons. The first-order valence-electron chi connectivity index (χ1n) is 9.78. The topological polar surface area (TPSA) is 90.1 Å². The van der Waals surface area contributed by atoms with E-state index in [1.54, 1.807) is 5.38 Å². The molecule has 4 aromatic rings. The second-order valence-electron chi connectivity index (χ2n) is 6.68. The van der Waals surface area contributed by atoms with E-state index in [4.69, 9.17) is 9.26 Å². The number of nitrogens with zero attached hydrogens (tertiary/aromatic N) is 3. The molecule has 4 rings (SSSR count). The Bertz CT molecular complexity index is 1220. The number of nitrogens with one attached hydrogen (secondary N) is 1. The van der Waals surface area contributed by atoms with E-state index >= 15 is 0 Å². The van der Waals surface area contributed by atoms with E-state index in [0.717, 1.165) is 40.8 Å². The third-order valence-electron chi connectivity index (χ3n) is 4.41. The Morgan fingerprint density at radius 1 is 1.16 bits per heavy atom. The van der Waals surface area contributed by atoms with Gasteiger partial charge in [0, 0.05) is 29.3 Å².